The van der Waals surface area contributed by atoms with Crippen LogP contribution in [0.1, 0.15) is 5.56 Å². The third kappa shape index (κ3) is 4.95. The summed E-state index contributed by atoms with van der Waals surface area (Å²) in [6.07, 6.45) is -0.669. The normalized spacial score (nSPS) is 17.2. The molecule has 1 fully saturated rings. The molecule has 0 saturated carbocycles. The first kappa shape index (κ1) is 17.3. The van der Waals surface area contributed by atoms with E-state index in [1.807, 2.05) is 54.6 Å². The Balaban J connectivity index is 1.56. The van der Waals surface area contributed by atoms with Gasteiger partial charge in [0.05, 0.1) is 19.3 Å². The van der Waals surface area contributed by atoms with Gasteiger partial charge in [-0.05, 0) is 23.8 Å². The lowest BCUT2D eigenvalue weighted by Gasteiger charge is -2.33. The van der Waals surface area contributed by atoms with Gasteiger partial charge in [-0.3, -0.25) is 5.32 Å². The summed E-state index contributed by atoms with van der Waals surface area (Å²) in [5.74, 6) is 0. The maximum Gasteiger partial charge on any atom is 0.411 e. The number of rotatable bonds is 5. The highest BCUT2D eigenvalue weighted by atomic mass is 16.5. The number of carbonyl (C=O) groups excluding carboxylic acids is 1. The first-order valence-electron chi connectivity index (χ1n) is 8.30. The van der Waals surface area contributed by atoms with E-state index in [-0.39, 0.29) is 19.3 Å². The largest absolute Gasteiger partial charge is 0.444 e. The number of aliphatic hydroxyl groups excluding tert-OH is 1. The third-order valence-electron chi connectivity index (χ3n) is 4.01. The summed E-state index contributed by atoms with van der Waals surface area (Å²) < 4.78 is 10.7. The average Bonchev–Trinajstić information content (AvgIpc) is 2.67. The monoisotopic (exact) mass is 342 g/mol. The van der Waals surface area contributed by atoms with Gasteiger partial charge < -0.3 is 19.5 Å². The molecule has 1 amide bonds. The Morgan fingerprint density at radius 1 is 1.24 bits per heavy atom. The van der Waals surface area contributed by atoms with Gasteiger partial charge in [0, 0.05) is 24.5 Å². The van der Waals surface area contributed by atoms with Gasteiger partial charge in [-0.1, -0.05) is 36.4 Å². The maximum absolute atomic E-state index is 12.0. The van der Waals surface area contributed by atoms with Gasteiger partial charge in [0.1, 0.15) is 6.61 Å². The van der Waals surface area contributed by atoms with Crippen molar-refractivity contribution < 1.29 is 19.4 Å². The number of nitrogens with zero attached hydrogens (tertiary/aromatic N) is 1. The third-order valence-corrected chi connectivity index (χ3v) is 4.01. The second-order valence-corrected chi connectivity index (χ2v) is 5.86. The van der Waals surface area contributed by atoms with E-state index >= 15 is 0 Å². The van der Waals surface area contributed by atoms with Crippen LogP contribution < -0.4 is 10.2 Å². The highest BCUT2D eigenvalue weighted by molar-refractivity contribution is 5.85. The van der Waals surface area contributed by atoms with Gasteiger partial charge >= 0.3 is 6.09 Å². The Hall–Kier alpha value is -2.57. The molecule has 2 N–H and O–H groups in total. The van der Waals surface area contributed by atoms with Gasteiger partial charge in [0.25, 0.3) is 0 Å². The van der Waals surface area contributed by atoms with E-state index in [1.165, 1.54) is 0 Å². The number of aliphatic hydroxyl groups is 1. The molecule has 1 aliphatic rings. The van der Waals surface area contributed by atoms with Crippen LogP contribution in [0.2, 0.25) is 0 Å². The van der Waals surface area contributed by atoms with E-state index in [0.717, 1.165) is 17.8 Å². The van der Waals surface area contributed by atoms with Crippen molar-refractivity contribution in [2.75, 3.05) is 36.5 Å². The van der Waals surface area contributed by atoms with Gasteiger partial charge in [0.2, 0.25) is 0 Å². The number of nitrogens with one attached hydrogen (secondary N) is 1. The maximum atomic E-state index is 12.0. The number of ether oxygens (including phenoxy) is 2. The number of amides is 1. The molecule has 1 unspecified atom stereocenters. The van der Waals surface area contributed by atoms with Crippen molar-refractivity contribution in [3.8, 4) is 0 Å². The van der Waals surface area contributed by atoms with Gasteiger partial charge in [0.15, 0.2) is 0 Å². The fourth-order valence-corrected chi connectivity index (χ4v) is 2.72. The van der Waals surface area contributed by atoms with E-state index in [0.29, 0.717) is 18.8 Å². The van der Waals surface area contributed by atoms with Gasteiger partial charge in [-0.2, -0.15) is 0 Å². The molecule has 0 spiro atoms. The van der Waals surface area contributed by atoms with E-state index in [2.05, 4.69) is 10.2 Å². The number of benzene rings is 2. The molecule has 25 heavy (non-hydrogen) atoms. The molecular formula is C19H22N2O4. The Bertz CT molecular complexity index is 693. The molecule has 0 aromatic heterocycles. The molecule has 2 aromatic rings. The number of morpholine rings is 1. The van der Waals surface area contributed by atoms with Crippen LogP contribution in [-0.4, -0.2) is 43.6 Å². The van der Waals surface area contributed by atoms with Crippen LogP contribution in [0.15, 0.2) is 54.6 Å². The predicted molar refractivity (Wildman–Crippen MR) is 95.7 cm³/mol. The lowest BCUT2D eigenvalue weighted by atomic mass is 10.2. The topological polar surface area (TPSA) is 71.0 Å². The SMILES string of the molecule is O=C(Nc1cccc(N2CCOC(CO)C2)c1)OCc1ccccc1. The Kier molecular flexibility index (Phi) is 5.87. The van der Waals surface area contributed by atoms with Crippen LogP contribution >= 0.6 is 0 Å². The first-order valence-corrected chi connectivity index (χ1v) is 8.30. The summed E-state index contributed by atoms with van der Waals surface area (Å²) in [7, 11) is 0. The molecular weight excluding hydrogens is 320 g/mol. The van der Waals surface area contributed by atoms with Crippen molar-refractivity contribution in [2.45, 2.75) is 12.7 Å². The standard InChI is InChI=1S/C19H22N2O4/c22-13-18-12-21(9-10-24-18)17-8-4-7-16(11-17)20-19(23)25-14-15-5-2-1-3-6-15/h1-8,11,18,22H,9-10,12-14H2,(H,20,23). The summed E-state index contributed by atoms with van der Waals surface area (Å²) in [5, 5.41) is 12.0. The molecule has 6 nitrogen and oxygen atoms in total. The molecule has 1 aliphatic heterocycles. The quantitative estimate of drug-likeness (QED) is 0.874. The van der Waals surface area contributed by atoms with Crippen molar-refractivity contribution in [3.63, 3.8) is 0 Å². The number of anilines is 2. The molecule has 0 aliphatic carbocycles. The summed E-state index contributed by atoms with van der Waals surface area (Å²) in [6, 6.07) is 17.1. The summed E-state index contributed by atoms with van der Waals surface area (Å²) in [5.41, 5.74) is 2.58. The van der Waals surface area contributed by atoms with Crippen LogP contribution in [0, 0.1) is 0 Å². The van der Waals surface area contributed by atoms with E-state index in [4.69, 9.17) is 9.47 Å². The van der Waals surface area contributed by atoms with Crippen LogP contribution in [0.5, 0.6) is 0 Å². The lowest BCUT2D eigenvalue weighted by molar-refractivity contribution is 0.00357. The lowest BCUT2D eigenvalue weighted by Crippen LogP contribution is -2.44. The van der Waals surface area contributed by atoms with Crippen molar-refractivity contribution in [2.24, 2.45) is 0 Å². The minimum absolute atomic E-state index is 0.000251. The van der Waals surface area contributed by atoms with Gasteiger partial charge in [-0.25, -0.2) is 4.79 Å². The van der Waals surface area contributed by atoms with E-state index in [9.17, 15) is 9.90 Å². The summed E-state index contributed by atoms with van der Waals surface area (Å²) in [6.45, 7) is 2.17. The molecule has 1 atom stereocenters. The van der Waals surface area contributed by atoms with Gasteiger partial charge in [-0.15, -0.1) is 0 Å². The summed E-state index contributed by atoms with van der Waals surface area (Å²) >= 11 is 0. The fraction of sp³-hybridized carbons (Fsp3) is 0.316. The first-order chi connectivity index (χ1) is 12.2. The molecule has 2 aromatic carbocycles. The molecule has 1 saturated heterocycles. The average molecular weight is 342 g/mol. The van der Waals surface area contributed by atoms with Crippen molar-refractivity contribution in [3.05, 3.63) is 60.2 Å². The minimum Gasteiger partial charge on any atom is -0.444 e. The molecule has 1 heterocycles. The zero-order valence-corrected chi connectivity index (χ0v) is 13.9. The van der Waals surface area contributed by atoms with Crippen molar-refractivity contribution >= 4 is 17.5 Å². The van der Waals surface area contributed by atoms with E-state index in [1.54, 1.807) is 0 Å². The fourth-order valence-electron chi connectivity index (χ4n) is 2.72. The summed E-state index contributed by atoms with van der Waals surface area (Å²) in [4.78, 5) is 14.1. The van der Waals surface area contributed by atoms with Crippen molar-refractivity contribution in [1.29, 1.82) is 0 Å². The zero-order chi connectivity index (χ0) is 17.5. The second-order valence-electron chi connectivity index (χ2n) is 5.86. The molecule has 3 rings (SSSR count). The Morgan fingerprint density at radius 2 is 2.08 bits per heavy atom. The second kappa shape index (κ2) is 8.50. The van der Waals surface area contributed by atoms with Crippen molar-refractivity contribution in [1.82, 2.24) is 0 Å². The Labute approximate surface area is 147 Å². The number of carbonyl (C=O) groups is 1. The number of hydrogen-bond donors (Lipinski definition) is 2. The van der Waals surface area contributed by atoms with Crippen LogP contribution in [0.25, 0.3) is 0 Å². The van der Waals surface area contributed by atoms with Crippen LogP contribution in [-0.2, 0) is 16.1 Å². The smallest absolute Gasteiger partial charge is 0.411 e. The zero-order valence-electron chi connectivity index (χ0n) is 13.9. The van der Waals surface area contributed by atoms with Crippen LogP contribution in [0.4, 0.5) is 16.2 Å². The highest BCUT2D eigenvalue weighted by Gasteiger charge is 2.20. The molecule has 0 radical (unpaired) electrons. The molecule has 132 valence electrons. The Morgan fingerprint density at radius 3 is 2.88 bits per heavy atom. The van der Waals surface area contributed by atoms with E-state index < -0.39 is 6.09 Å². The van der Waals surface area contributed by atoms with Crippen LogP contribution in [0.3, 0.4) is 0 Å². The highest BCUT2D eigenvalue weighted by Crippen LogP contribution is 2.22. The minimum atomic E-state index is -0.490. The molecule has 6 heteroatoms. The predicted octanol–water partition coefficient (Wildman–Crippen LogP) is 2.63. The number of hydrogen-bond acceptors (Lipinski definition) is 5. The molecule has 0 bridgehead atoms.